The number of anilines is 1. The smallest absolute Gasteiger partial charge is 0.279 e. The number of nitrogens with one attached hydrogen (secondary N) is 1. The highest BCUT2D eigenvalue weighted by atomic mass is 35.5. The summed E-state index contributed by atoms with van der Waals surface area (Å²) in [6.07, 6.45) is 1.79. The van der Waals surface area contributed by atoms with E-state index in [0.717, 1.165) is 22.4 Å². The van der Waals surface area contributed by atoms with Gasteiger partial charge >= 0.3 is 0 Å². The molecule has 0 saturated heterocycles. The fourth-order valence-electron chi connectivity index (χ4n) is 3.24. The van der Waals surface area contributed by atoms with Crippen LogP contribution in [0.5, 0.6) is 5.75 Å². The van der Waals surface area contributed by atoms with E-state index >= 15 is 0 Å². The molecule has 0 aliphatic rings. The Labute approximate surface area is 190 Å². The van der Waals surface area contributed by atoms with Crippen molar-refractivity contribution in [2.24, 2.45) is 0 Å². The van der Waals surface area contributed by atoms with Gasteiger partial charge in [-0.3, -0.25) is 9.48 Å². The van der Waals surface area contributed by atoms with Crippen molar-refractivity contribution in [1.82, 2.24) is 14.9 Å². The third-order valence-corrected chi connectivity index (χ3v) is 5.52. The molecule has 0 bridgehead atoms. The van der Waals surface area contributed by atoms with E-state index in [2.05, 4.69) is 15.6 Å². The van der Waals surface area contributed by atoms with Crippen molar-refractivity contribution in [2.75, 3.05) is 5.32 Å². The third-order valence-electron chi connectivity index (χ3n) is 5.27. The second-order valence-electron chi connectivity index (χ2n) is 7.53. The second-order valence-corrected chi connectivity index (χ2v) is 7.97. The Kier molecular flexibility index (Phi) is 6.28. The summed E-state index contributed by atoms with van der Waals surface area (Å²) in [6, 6.07) is 15.1. The number of aryl methyl sites for hydroxylation is 2. The van der Waals surface area contributed by atoms with Crippen LogP contribution in [-0.4, -0.2) is 20.8 Å². The van der Waals surface area contributed by atoms with Crippen LogP contribution in [0.1, 0.15) is 38.5 Å². The number of benzene rings is 2. The molecule has 7 nitrogen and oxygen atoms in total. The first-order valence-electron chi connectivity index (χ1n) is 10.1. The molecule has 32 heavy (non-hydrogen) atoms. The highest BCUT2D eigenvalue weighted by Crippen LogP contribution is 2.24. The maximum atomic E-state index is 12.8. The SMILES string of the molecule is Cc1cccc(OCc2c(C(=O)Nc3ccn(Cc4ccc(Cl)cc4)n3)noc2C)c1C. The summed E-state index contributed by atoms with van der Waals surface area (Å²) < 4.78 is 13.0. The molecule has 4 aromatic rings. The van der Waals surface area contributed by atoms with E-state index in [9.17, 15) is 4.79 Å². The van der Waals surface area contributed by atoms with Crippen LogP contribution >= 0.6 is 11.6 Å². The molecule has 0 aliphatic heterocycles. The molecule has 1 N–H and O–H groups in total. The predicted octanol–water partition coefficient (Wildman–Crippen LogP) is 5.33. The van der Waals surface area contributed by atoms with Gasteiger partial charge in [-0.15, -0.1) is 0 Å². The molecule has 2 aromatic carbocycles. The molecule has 0 spiro atoms. The highest BCUT2D eigenvalue weighted by molar-refractivity contribution is 6.30. The van der Waals surface area contributed by atoms with E-state index in [-0.39, 0.29) is 12.3 Å². The van der Waals surface area contributed by atoms with Crippen molar-refractivity contribution < 1.29 is 14.1 Å². The number of hydrogen-bond donors (Lipinski definition) is 1. The number of carbonyl (C=O) groups excluding carboxylic acids is 1. The maximum absolute atomic E-state index is 12.8. The lowest BCUT2D eigenvalue weighted by Gasteiger charge is -2.11. The van der Waals surface area contributed by atoms with Gasteiger partial charge in [0.25, 0.3) is 5.91 Å². The average Bonchev–Trinajstić information content (AvgIpc) is 3.37. The van der Waals surface area contributed by atoms with Crippen molar-refractivity contribution in [3.8, 4) is 5.75 Å². The first kappa shape index (κ1) is 21.6. The van der Waals surface area contributed by atoms with Crippen LogP contribution in [-0.2, 0) is 13.2 Å². The monoisotopic (exact) mass is 450 g/mol. The number of carbonyl (C=O) groups is 1. The van der Waals surface area contributed by atoms with Crippen molar-refractivity contribution in [3.63, 3.8) is 0 Å². The normalized spacial score (nSPS) is 10.9. The lowest BCUT2D eigenvalue weighted by Crippen LogP contribution is -2.16. The van der Waals surface area contributed by atoms with Gasteiger partial charge < -0.3 is 14.6 Å². The van der Waals surface area contributed by atoms with Crippen LogP contribution < -0.4 is 10.1 Å². The largest absolute Gasteiger partial charge is 0.488 e. The molecule has 0 atom stereocenters. The Balaban J connectivity index is 1.43. The molecule has 8 heteroatoms. The molecule has 2 aromatic heterocycles. The van der Waals surface area contributed by atoms with Crippen molar-refractivity contribution >= 4 is 23.3 Å². The first-order chi connectivity index (χ1) is 15.4. The molecule has 4 rings (SSSR count). The maximum Gasteiger partial charge on any atom is 0.279 e. The van der Waals surface area contributed by atoms with E-state index in [1.54, 1.807) is 23.9 Å². The molecule has 0 fully saturated rings. The van der Waals surface area contributed by atoms with Gasteiger partial charge in [0.05, 0.1) is 12.1 Å². The zero-order valence-electron chi connectivity index (χ0n) is 18.1. The first-order valence-corrected chi connectivity index (χ1v) is 10.5. The van der Waals surface area contributed by atoms with Crippen molar-refractivity contribution in [1.29, 1.82) is 0 Å². The number of rotatable bonds is 7. The van der Waals surface area contributed by atoms with Gasteiger partial charge in [0.15, 0.2) is 11.5 Å². The van der Waals surface area contributed by atoms with E-state index in [0.29, 0.717) is 28.7 Å². The summed E-state index contributed by atoms with van der Waals surface area (Å²) in [4.78, 5) is 12.8. The Morgan fingerprint density at radius 3 is 2.69 bits per heavy atom. The van der Waals surface area contributed by atoms with Gasteiger partial charge in [-0.25, -0.2) is 0 Å². The van der Waals surface area contributed by atoms with E-state index in [1.165, 1.54) is 0 Å². The second kappa shape index (κ2) is 9.28. The predicted molar refractivity (Wildman–Crippen MR) is 122 cm³/mol. The van der Waals surface area contributed by atoms with Crippen LogP contribution in [0.3, 0.4) is 0 Å². The van der Waals surface area contributed by atoms with Crippen LogP contribution in [0, 0.1) is 20.8 Å². The molecule has 0 radical (unpaired) electrons. The number of ether oxygens (including phenoxy) is 1. The minimum Gasteiger partial charge on any atom is -0.488 e. The van der Waals surface area contributed by atoms with Gasteiger partial charge in [0, 0.05) is 17.3 Å². The van der Waals surface area contributed by atoms with Gasteiger partial charge in [-0.1, -0.05) is 41.0 Å². The lowest BCUT2D eigenvalue weighted by molar-refractivity contribution is 0.101. The van der Waals surface area contributed by atoms with E-state index in [4.69, 9.17) is 20.9 Å². The van der Waals surface area contributed by atoms with Gasteiger partial charge in [0.1, 0.15) is 18.1 Å². The summed E-state index contributed by atoms with van der Waals surface area (Å²) in [5.74, 6) is 1.32. The Morgan fingerprint density at radius 2 is 1.91 bits per heavy atom. The quantitative estimate of drug-likeness (QED) is 0.411. The highest BCUT2D eigenvalue weighted by Gasteiger charge is 2.21. The molecular formula is C24H23ClN4O3. The Bertz CT molecular complexity index is 1240. The zero-order valence-corrected chi connectivity index (χ0v) is 18.8. The molecule has 2 heterocycles. The molecule has 164 valence electrons. The standard InChI is InChI=1S/C24H23ClN4O3/c1-15-5-4-6-21(16(15)2)31-14-20-17(3)32-28-23(20)24(30)26-22-11-12-29(27-22)13-18-7-9-19(25)10-8-18/h4-12H,13-14H2,1-3H3,(H,26,27,30). The summed E-state index contributed by atoms with van der Waals surface area (Å²) in [7, 11) is 0. The summed E-state index contributed by atoms with van der Waals surface area (Å²) in [5, 5.41) is 11.8. The van der Waals surface area contributed by atoms with Gasteiger partial charge in [-0.05, 0) is 55.7 Å². The summed E-state index contributed by atoms with van der Waals surface area (Å²) in [5.41, 5.74) is 4.02. The van der Waals surface area contributed by atoms with E-state index in [1.807, 2.05) is 56.3 Å². The minimum atomic E-state index is -0.404. The fourth-order valence-corrected chi connectivity index (χ4v) is 3.36. The number of halogens is 1. The van der Waals surface area contributed by atoms with Crippen molar-refractivity contribution in [2.45, 2.75) is 33.9 Å². The van der Waals surface area contributed by atoms with Crippen molar-refractivity contribution in [3.05, 3.63) is 93.5 Å². The number of amides is 1. The topological polar surface area (TPSA) is 82.2 Å². The Morgan fingerprint density at radius 1 is 1.12 bits per heavy atom. The van der Waals surface area contributed by atoms with Crippen LogP contribution in [0.4, 0.5) is 5.82 Å². The lowest BCUT2D eigenvalue weighted by atomic mass is 10.1. The molecule has 0 aliphatic carbocycles. The van der Waals surface area contributed by atoms with Crippen LogP contribution in [0.2, 0.25) is 5.02 Å². The molecule has 0 unspecified atom stereocenters. The number of hydrogen-bond acceptors (Lipinski definition) is 5. The molecule has 1 amide bonds. The minimum absolute atomic E-state index is 0.174. The summed E-state index contributed by atoms with van der Waals surface area (Å²) in [6.45, 7) is 6.52. The summed E-state index contributed by atoms with van der Waals surface area (Å²) >= 11 is 5.93. The van der Waals surface area contributed by atoms with Crippen LogP contribution in [0.15, 0.2) is 59.3 Å². The Hall–Kier alpha value is -3.58. The molecule has 0 saturated carbocycles. The zero-order chi connectivity index (χ0) is 22.7. The van der Waals surface area contributed by atoms with Gasteiger partial charge in [0.2, 0.25) is 0 Å². The molecular weight excluding hydrogens is 428 g/mol. The van der Waals surface area contributed by atoms with E-state index < -0.39 is 5.91 Å². The average molecular weight is 451 g/mol. The number of aromatic nitrogens is 3. The fraction of sp³-hybridized carbons (Fsp3) is 0.208. The van der Waals surface area contributed by atoms with Crippen LogP contribution in [0.25, 0.3) is 0 Å². The third kappa shape index (κ3) is 4.84. The number of nitrogens with zero attached hydrogens (tertiary/aromatic N) is 3. The van der Waals surface area contributed by atoms with Gasteiger partial charge in [-0.2, -0.15) is 5.10 Å².